The van der Waals surface area contributed by atoms with E-state index in [1.54, 1.807) is 24.3 Å². The van der Waals surface area contributed by atoms with Crippen LogP contribution in [0.15, 0.2) is 48.5 Å². The smallest absolute Gasteiger partial charge is 0.337 e. The quantitative estimate of drug-likeness (QED) is 0.909. The molecule has 0 bridgehead atoms. The van der Waals surface area contributed by atoms with E-state index in [-0.39, 0.29) is 11.5 Å². The molecule has 1 heterocycles. The van der Waals surface area contributed by atoms with Gasteiger partial charge in [-0.2, -0.15) is 0 Å². The summed E-state index contributed by atoms with van der Waals surface area (Å²) in [6.07, 6.45) is 2.34. The molecule has 3 rings (SSSR count). The zero-order valence-electron chi connectivity index (χ0n) is 12.7. The highest BCUT2D eigenvalue weighted by molar-refractivity contribution is 6.08. The van der Waals surface area contributed by atoms with E-state index in [1.165, 1.54) is 18.9 Å². The Morgan fingerprint density at radius 3 is 2.48 bits per heavy atom. The minimum absolute atomic E-state index is 0.0801. The van der Waals surface area contributed by atoms with Crippen LogP contribution in [0, 0.1) is 0 Å². The Morgan fingerprint density at radius 1 is 1.00 bits per heavy atom. The largest absolute Gasteiger partial charge is 0.478 e. The minimum atomic E-state index is -1.06. The lowest BCUT2D eigenvalue weighted by atomic mass is 10.1. The summed E-state index contributed by atoms with van der Waals surface area (Å²) >= 11 is 0. The van der Waals surface area contributed by atoms with Crippen molar-refractivity contribution >= 4 is 23.3 Å². The molecule has 2 N–H and O–H groups in total. The maximum Gasteiger partial charge on any atom is 0.337 e. The van der Waals surface area contributed by atoms with Crippen LogP contribution in [-0.4, -0.2) is 30.1 Å². The van der Waals surface area contributed by atoms with E-state index >= 15 is 0 Å². The summed E-state index contributed by atoms with van der Waals surface area (Å²) in [5.41, 5.74) is 1.93. The first-order chi connectivity index (χ1) is 11.1. The molecule has 0 aromatic heterocycles. The van der Waals surface area contributed by atoms with E-state index in [1.807, 2.05) is 18.2 Å². The van der Waals surface area contributed by atoms with E-state index < -0.39 is 5.97 Å². The van der Waals surface area contributed by atoms with Crippen molar-refractivity contribution in [1.82, 2.24) is 0 Å². The molecule has 1 amide bonds. The highest BCUT2D eigenvalue weighted by atomic mass is 16.4. The number of nitrogens with zero attached hydrogens (tertiary/aromatic N) is 1. The lowest BCUT2D eigenvalue weighted by molar-refractivity contribution is 0.0698. The summed E-state index contributed by atoms with van der Waals surface area (Å²) in [6, 6.07) is 13.8. The van der Waals surface area contributed by atoms with Crippen LogP contribution in [0.5, 0.6) is 0 Å². The van der Waals surface area contributed by atoms with Crippen molar-refractivity contribution < 1.29 is 14.7 Å². The molecular formula is C18H18N2O3. The predicted molar refractivity (Wildman–Crippen MR) is 89.2 cm³/mol. The fourth-order valence-corrected chi connectivity index (χ4v) is 2.79. The molecule has 1 aliphatic rings. The molecule has 0 atom stereocenters. The molecule has 2 aromatic carbocycles. The van der Waals surface area contributed by atoms with Gasteiger partial charge in [0.05, 0.1) is 11.3 Å². The first kappa shape index (κ1) is 15.1. The van der Waals surface area contributed by atoms with E-state index in [0.717, 1.165) is 18.8 Å². The number of benzene rings is 2. The SMILES string of the molecule is O=C(Nc1ccccc1C(=O)O)c1cccc(N2CCCC2)c1. The van der Waals surface area contributed by atoms with E-state index in [4.69, 9.17) is 0 Å². The number of carboxylic acid groups (broad SMARTS) is 1. The second-order valence-corrected chi connectivity index (χ2v) is 5.55. The lowest BCUT2D eigenvalue weighted by Gasteiger charge is -2.18. The van der Waals surface area contributed by atoms with Crippen molar-refractivity contribution in [2.75, 3.05) is 23.3 Å². The van der Waals surface area contributed by atoms with Crippen LogP contribution < -0.4 is 10.2 Å². The predicted octanol–water partition coefficient (Wildman–Crippen LogP) is 3.24. The van der Waals surface area contributed by atoms with Crippen LogP contribution in [0.3, 0.4) is 0 Å². The number of hydrogen-bond donors (Lipinski definition) is 2. The molecule has 23 heavy (non-hydrogen) atoms. The highest BCUT2D eigenvalue weighted by Crippen LogP contribution is 2.22. The number of nitrogens with one attached hydrogen (secondary N) is 1. The van der Waals surface area contributed by atoms with Crippen molar-refractivity contribution in [2.45, 2.75) is 12.8 Å². The Hall–Kier alpha value is -2.82. The van der Waals surface area contributed by atoms with Crippen molar-refractivity contribution in [2.24, 2.45) is 0 Å². The van der Waals surface area contributed by atoms with Gasteiger partial charge in [-0.25, -0.2) is 4.79 Å². The van der Waals surface area contributed by atoms with Crippen LogP contribution in [0.1, 0.15) is 33.6 Å². The maximum atomic E-state index is 12.4. The van der Waals surface area contributed by atoms with Gasteiger partial charge < -0.3 is 15.3 Å². The fraction of sp³-hybridized carbons (Fsp3) is 0.222. The molecule has 5 nitrogen and oxygen atoms in total. The average molecular weight is 310 g/mol. The zero-order valence-corrected chi connectivity index (χ0v) is 12.7. The van der Waals surface area contributed by atoms with Crippen molar-refractivity contribution in [1.29, 1.82) is 0 Å². The van der Waals surface area contributed by atoms with Crippen LogP contribution in [0.2, 0.25) is 0 Å². The van der Waals surface area contributed by atoms with Gasteiger partial charge in [-0.3, -0.25) is 4.79 Å². The Morgan fingerprint density at radius 2 is 1.74 bits per heavy atom. The standard InChI is InChI=1S/C18H18N2O3/c21-17(19-16-9-2-1-8-15(16)18(22)23)13-6-5-7-14(12-13)20-10-3-4-11-20/h1-2,5-9,12H,3-4,10-11H2,(H,19,21)(H,22,23). The summed E-state index contributed by atoms with van der Waals surface area (Å²) in [5, 5.41) is 11.9. The molecular weight excluding hydrogens is 292 g/mol. The van der Waals surface area contributed by atoms with Gasteiger partial charge in [0.25, 0.3) is 5.91 Å². The Bertz CT molecular complexity index is 737. The molecule has 1 aliphatic heterocycles. The van der Waals surface area contributed by atoms with Gasteiger partial charge in [0.2, 0.25) is 0 Å². The third-order valence-electron chi connectivity index (χ3n) is 3.99. The molecule has 0 radical (unpaired) electrons. The first-order valence-electron chi connectivity index (χ1n) is 7.64. The van der Waals surface area contributed by atoms with Crippen molar-refractivity contribution in [3.8, 4) is 0 Å². The summed E-state index contributed by atoms with van der Waals surface area (Å²) in [4.78, 5) is 25.9. The number of carbonyl (C=O) groups excluding carboxylic acids is 1. The molecule has 0 spiro atoms. The molecule has 1 saturated heterocycles. The number of anilines is 2. The summed E-state index contributed by atoms with van der Waals surface area (Å²) in [7, 11) is 0. The number of carboxylic acids is 1. The van der Waals surface area contributed by atoms with Crippen LogP contribution >= 0.6 is 0 Å². The van der Waals surface area contributed by atoms with Crippen LogP contribution in [0.4, 0.5) is 11.4 Å². The van der Waals surface area contributed by atoms with Gasteiger partial charge in [0, 0.05) is 24.3 Å². The Balaban J connectivity index is 1.81. The third kappa shape index (κ3) is 3.34. The summed E-state index contributed by atoms with van der Waals surface area (Å²) in [6.45, 7) is 2.01. The van der Waals surface area contributed by atoms with Crippen molar-refractivity contribution in [3.63, 3.8) is 0 Å². The van der Waals surface area contributed by atoms with Gasteiger partial charge in [0.15, 0.2) is 0 Å². The number of hydrogen-bond acceptors (Lipinski definition) is 3. The third-order valence-corrected chi connectivity index (χ3v) is 3.99. The number of para-hydroxylation sites is 1. The number of amides is 1. The van der Waals surface area contributed by atoms with Crippen molar-refractivity contribution in [3.05, 3.63) is 59.7 Å². The normalized spacial score (nSPS) is 13.8. The van der Waals surface area contributed by atoms with Crippen LogP contribution in [0.25, 0.3) is 0 Å². The highest BCUT2D eigenvalue weighted by Gasteiger charge is 2.16. The molecule has 0 unspecified atom stereocenters. The summed E-state index contributed by atoms with van der Waals surface area (Å²) < 4.78 is 0. The second-order valence-electron chi connectivity index (χ2n) is 5.55. The monoisotopic (exact) mass is 310 g/mol. The number of carbonyl (C=O) groups is 2. The minimum Gasteiger partial charge on any atom is -0.478 e. The molecule has 1 fully saturated rings. The summed E-state index contributed by atoms with van der Waals surface area (Å²) in [5.74, 6) is -1.37. The zero-order chi connectivity index (χ0) is 16.2. The van der Waals surface area contributed by atoms with E-state index in [2.05, 4.69) is 10.2 Å². The van der Waals surface area contributed by atoms with Gasteiger partial charge in [0.1, 0.15) is 0 Å². The van der Waals surface area contributed by atoms with Crippen LogP contribution in [-0.2, 0) is 0 Å². The topological polar surface area (TPSA) is 69.6 Å². The van der Waals surface area contributed by atoms with E-state index in [9.17, 15) is 14.7 Å². The maximum absolute atomic E-state index is 12.4. The molecule has 0 aliphatic carbocycles. The Labute approximate surface area is 134 Å². The van der Waals surface area contributed by atoms with Gasteiger partial charge >= 0.3 is 5.97 Å². The number of rotatable bonds is 4. The fourth-order valence-electron chi connectivity index (χ4n) is 2.79. The molecule has 5 heteroatoms. The molecule has 0 saturated carbocycles. The van der Waals surface area contributed by atoms with E-state index in [0.29, 0.717) is 11.3 Å². The molecule has 2 aromatic rings. The van der Waals surface area contributed by atoms with Gasteiger partial charge in [-0.15, -0.1) is 0 Å². The average Bonchev–Trinajstić information content (AvgIpc) is 3.10. The van der Waals surface area contributed by atoms with Gasteiger partial charge in [-0.1, -0.05) is 18.2 Å². The lowest BCUT2D eigenvalue weighted by Crippen LogP contribution is -2.19. The van der Waals surface area contributed by atoms with Gasteiger partial charge in [-0.05, 0) is 43.2 Å². The second kappa shape index (κ2) is 6.52. The first-order valence-corrected chi connectivity index (χ1v) is 7.64. The Kier molecular flexibility index (Phi) is 4.28. The molecule has 118 valence electrons. The number of aromatic carboxylic acids is 1.